The minimum atomic E-state index is -3.76. The van der Waals surface area contributed by atoms with Gasteiger partial charge in [0.1, 0.15) is 11.5 Å². The third-order valence-corrected chi connectivity index (χ3v) is 6.03. The van der Waals surface area contributed by atoms with Crippen LogP contribution in [-0.2, 0) is 14.8 Å². The van der Waals surface area contributed by atoms with Crippen LogP contribution in [-0.4, -0.2) is 68.9 Å². The number of piperazine rings is 1. The lowest BCUT2D eigenvalue weighted by Gasteiger charge is -2.32. The second-order valence-electron chi connectivity index (χ2n) is 6.67. The highest BCUT2D eigenvalue weighted by molar-refractivity contribution is 7.89. The number of amides is 1. The summed E-state index contributed by atoms with van der Waals surface area (Å²) >= 11 is 0. The van der Waals surface area contributed by atoms with E-state index in [9.17, 15) is 13.2 Å². The Balaban J connectivity index is 1.64. The van der Waals surface area contributed by atoms with Gasteiger partial charge in [-0.3, -0.25) is 4.79 Å². The van der Waals surface area contributed by atoms with Gasteiger partial charge in [0.15, 0.2) is 5.89 Å². The third kappa shape index (κ3) is 4.55. The van der Waals surface area contributed by atoms with Crippen LogP contribution in [0.1, 0.15) is 11.7 Å². The van der Waals surface area contributed by atoms with Gasteiger partial charge in [0.05, 0.1) is 11.4 Å². The van der Waals surface area contributed by atoms with Gasteiger partial charge >= 0.3 is 0 Å². The molecule has 0 saturated carbocycles. The minimum absolute atomic E-state index is 0.107. The van der Waals surface area contributed by atoms with Gasteiger partial charge in [-0.15, -0.1) is 0 Å². The Morgan fingerprint density at radius 3 is 2.33 bits per heavy atom. The van der Waals surface area contributed by atoms with Crippen molar-refractivity contribution in [1.82, 2.24) is 19.5 Å². The lowest BCUT2D eigenvalue weighted by Crippen LogP contribution is -2.50. The van der Waals surface area contributed by atoms with Crippen LogP contribution in [0.25, 0.3) is 11.3 Å². The number of sulfonamides is 1. The van der Waals surface area contributed by atoms with Crippen molar-refractivity contribution in [2.24, 2.45) is 0 Å². The van der Waals surface area contributed by atoms with Crippen molar-refractivity contribution in [2.45, 2.75) is 18.7 Å². The molecule has 1 saturated heterocycles. The summed E-state index contributed by atoms with van der Waals surface area (Å²) in [6, 6.07) is 6.37. The fourth-order valence-electron chi connectivity index (χ4n) is 3.00. The normalized spacial score (nSPS) is 15.9. The van der Waals surface area contributed by atoms with E-state index in [0.717, 1.165) is 18.7 Å². The number of likely N-dealkylation sites (N-methyl/N-ethyl adjacent to an activating group) is 1. The summed E-state index contributed by atoms with van der Waals surface area (Å²) < 4.78 is 32.7. The lowest BCUT2D eigenvalue weighted by molar-refractivity contribution is -0.131. The average Bonchev–Trinajstić information content (AvgIpc) is 2.99. The molecule has 146 valence electrons. The number of carbonyl (C=O) groups excluding carboxylic acids is 1. The van der Waals surface area contributed by atoms with E-state index in [0.29, 0.717) is 30.4 Å². The Bertz CT molecular complexity index is 913. The molecule has 0 spiro atoms. The van der Waals surface area contributed by atoms with Crippen LogP contribution in [0.4, 0.5) is 0 Å². The largest absolute Gasteiger partial charge is 0.446 e. The first kappa shape index (κ1) is 19.5. The van der Waals surface area contributed by atoms with Gasteiger partial charge < -0.3 is 14.2 Å². The number of nitrogens with zero attached hydrogens (tertiary/aromatic N) is 3. The fraction of sp³-hybridized carbons (Fsp3) is 0.444. The van der Waals surface area contributed by atoms with Crippen LogP contribution in [0.2, 0.25) is 0 Å². The summed E-state index contributed by atoms with van der Waals surface area (Å²) in [6.45, 7) is 6.14. The van der Waals surface area contributed by atoms with Crippen LogP contribution in [0.5, 0.6) is 0 Å². The van der Waals surface area contributed by atoms with Crippen LogP contribution < -0.4 is 4.72 Å². The topological polar surface area (TPSA) is 95.7 Å². The van der Waals surface area contributed by atoms with E-state index in [-0.39, 0.29) is 17.3 Å². The standard InChI is InChI=1S/C18H24N4O4S/c1-13-18(20-14(2)26-13)15-4-6-16(7-5-15)27(24,25)19-12-17(23)22-10-8-21(3)9-11-22/h4-7,19H,8-12H2,1-3H3. The van der Waals surface area contributed by atoms with E-state index in [1.807, 2.05) is 14.0 Å². The molecule has 0 aliphatic carbocycles. The van der Waals surface area contributed by atoms with Gasteiger partial charge in [0.2, 0.25) is 15.9 Å². The van der Waals surface area contributed by atoms with Crippen molar-refractivity contribution in [3.63, 3.8) is 0 Å². The average molecular weight is 392 g/mol. The van der Waals surface area contributed by atoms with Crippen LogP contribution in [0, 0.1) is 13.8 Å². The molecule has 0 unspecified atom stereocenters. The van der Waals surface area contributed by atoms with E-state index in [1.165, 1.54) is 12.1 Å². The Morgan fingerprint density at radius 2 is 1.78 bits per heavy atom. The van der Waals surface area contributed by atoms with Crippen LogP contribution in [0.15, 0.2) is 33.6 Å². The molecule has 1 amide bonds. The highest BCUT2D eigenvalue weighted by atomic mass is 32.2. The zero-order valence-electron chi connectivity index (χ0n) is 15.7. The molecule has 0 bridgehead atoms. The van der Waals surface area contributed by atoms with Crippen molar-refractivity contribution in [3.05, 3.63) is 35.9 Å². The van der Waals surface area contributed by atoms with Crippen molar-refractivity contribution < 1.29 is 17.6 Å². The maximum absolute atomic E-state index is 12.5. The van der Waals surface area contributed by atoms with Crippen LogP contribution in [0.3, 0.4) is 0 Å². The van der Waals surface area contributed by atoms with Gasteiger partial charge in [0, 0.05) is 38.7 Å². The zero-order chi connectivity index (χ0) is 19.6. The molecule has 8 nitrogen and oxygen atoms in total. The number of carbonyl (C=O) groups is 1. The molecule has 9 heteroatoms. The molecule has 3 rings (SSSR count). The fourth-order valence-corrected chi connectivity index (χ4v) is 3.97. The Hall–Kier alpha value is -2.23. The summed E-state index contributed by atoms with van der Waals surface area (Å²) in [5.41, 5.74) is 1.46. The first-order valence-electron chi connectivity index (χ1n) is 8.77. The SMILES string of the molecule is Cc1nc(-c2ccc(S(=O)(=O)NCC(=O)N3CCN(C)CC3)cc2)c(C)o1. The molecule has 1 aromatic heterocycles. The molecule has 1 aliphatic heterocycles. The van der Waals surface area contributed by atoms with Crippen molar-refractivity contribution in [1.29, 1.82) is 0 Å². The lowest BCUT2D eigenvalue weighted by atomic mass is 10.1. The van der Waals surface area contributed by atoms with E-state index in [4.69, 9.17) is 4.42 Å². The first-order valence-corrected chi connectivity index (χ1v) is 10.2. The van der Waals surface area contributed by atoms with Crippen molar-refractivity contribution in [3.8, 4) is 11.3 Å². The summed E-state index contributed by atoms with van der Waals surface area (Å²) in [5, 5.41) is 0. The predicted octanol–water partition coefficient (Wildman–Crippen LogP) is 1.01. The second-order valence-corrected chi connectivity index (χ2v) is 8.44. The molecule has 1 fully saturated rings. The minimum Gasteiger partial charge on any atom is -0.446 e. The van der Waals surface area contributed by atoms with Gasteiger partial charge in [-0.25, -0.2) is 18.1 Å². The molecule has 1 aromatic carbocycles. The first-order chi connectivity index (χ1) is 12.8. The third-order valence-electron chi connectivity index (χ3n) is 4.61. The molecule has 27 heavy (non-hydrogen) atoms. The van der Waals surface area contributed by atoms with Crippen molar-refractivity contribution in [2.75, 3.05) is 39.8 Å². The molecule has 1 aliphatic rings. The van der Waals surface area contributed by atoms with Gasteiger partial charge in [-0.1, -0.05) is 12.1 Å². The summed E-state index contributed by atoms with van der Waals surface area (Å²) in [4.78, 5) is 20.4. The number of oxazole rings is 1. The van der Waals surface area contributed by atoms with E-state index in [1.54, 1.807) is 24.0 Å². The molecule has 0 atom stereocenters. The summed E-state index contributed by atoms with van der Waals surface area (Å²) in [7, 11) is -1.76. The highest BCUT2D eigenvalue weighted by Gasteiger charge is 2.22. The van der Waals surface area contributed by atoms with Gasteiger partial charge in [0.25, 0.3) is 0 Å². The number of hydrogen-bond acceptors (Lipinski definition) is 6. The summed E-state index contributed by atoms with van der Waals surface area (Å²) in [6.07, 6.45) is 0. The van der Waals surface area contributed by atoms with E-state index >= 15 is 0 Å². The monoisotopic (exact) mass is 392 g/mol. The Kier molecular flexibility index (Phi) is 5.64. The molecule has 2 heterocycles. The number of rotatable bonds is 5. The number of benzene rings is 1. The van der Waals surface area contributed by atoms with E-state index < -0.39 is 10.0 Å². The molecular weight excluding hydrogens is 368 g/mol. The summed E-state index contributed by atoms with van der Waals surface area (Å²) in [5.74, 6) is 1.03. The molecular formula is C18H24N4O4S. The van der Waals surface area contributed by atoms with Crippen LogP contribution >= 0.6 is 0 Å². The highest BCUT2D eigenvalue weighted by Crippen LogP contribution is 2.24. The number of nitrogens with one attached hydrogen (secondary N) is 1. The molecule has 1 N–H and O–H groups in total. The smallest absolute Gasteiger partial charge is 0.241 e. The molecule has 2 aromatic rings. The maximum atomic E-state index is 12.5. The molecule has 0 radical (unpaired) electrons. The zero-order valence-corrected chi connectivity index (χ0v) is 16.5. The Labute approximate surface area is 159 Å². The number of aryl methyl sites for hydroxylation is 2. The van der Waals surface area contributed by atoms with Gasteiger partial charge in [-0.05, 0) is 26.1 Å². The number of hydrogen-bond donors (Lipinski definition) is 1. The predicted molar refractivity (Wildman–Crippen MR) is 101 cm³/mol. The quantitative estimate of drug-likeness (QED) is 0.816. The van der Waals surface area contributed by atoms with Crippen molar-refractivity contribution >= 4 is 15.9 Å². The van der Waals surface area contributed by atoms with Gasteiger partial charge in [-0.2, -0.15) is 0 Å². The van der Waals surface area contributed by atoms with E-state index in [2.05, 4.69) is 14.6 Å². The maximum Gasteiger partial charge on any atom is 0.241 e. The second kappa shape index (κ2) is 7.79. The Morgan fingerprint density at radius 1 is 1.15 bits per heavy atom. The number of aromatic nitrogens is 1.